The number of hydrogen-bond donors (Lipinski definition) is 1. The zero-order chi connectivity index (χ0) is 37.5. The van der Waals surface area contributed by atoms with Gasteiger partial charge in [0.25, 0.3) is 0 Å². The molecule has 3 unspecified atom stereocenters. The van der Waals surface area contributed by atoms with Gasteiger partial charge < -0.3 is 24.2 Å². The Morgan fingerprint density at radius 3 is 1.76 bits per heavy atom. The molecular weight excluding hydrogens is 671 g/mol. The molecule has 0 radical (unpaired) electrons. The highest BCUT2D eigenvalue weighted by Gasteiger charge is 2.44. The number of likely N-dealkylation sites (tertiary alicyclic amines) is 1. The van der Waals surface area contributed by atoms with Gasteiger partial charge in [0.05, 0.1) is 32.5 Å². The number of carbonyl (C=O) groups excluding carboxylic acids is 1. The third-order valence-corrected chi connectivity index (χ3v) is 10.3. The average Bonchev–Trinajstić information content (AvgIpc) is 3.20. The molecule has 276 valence electrons. The molecule has 1 fully saturated rings. The lowest BCUT2D eigenvalue weighted by Gasteiger charge is -2.45. The van der Waals surface area contributed by atoms with Crippen molar-refractivity contribution in [2.75, 3.05) is 19.7 Å². The molecule has 0 saturated carbocycles. The minimum Gasteiger partial charge on any atom is -0.444 e. The lowest BCUT2D eigenvalue weighted by Crippen LogP contribution is -2.54. The van der Waals surface area contributed by atoms with Crippen LogP contribution in [0.5, 0.6) is 0 Å². The van der Waals surface area contributed by atoms with E-state index in [2.05, 4.69) is 78.9 Å². The van der Waals surface area contributed by atoms with Crippen molar-refractivity contribution in [3.8, 4) is 0 Å². The molecule has 3 atom stereocenters. The molecule has 1 N–H and O–H groups in total. The van der Waals surface area contributed by atoms with Gasteiger partial charge in [-0.05, 0) is 71.0 Å². The van der Waals surface area contributed by atoms with E-state index in [0.29, 0.717) is 26.3 Å². The van der Waals surface area contributed by atoms with Crippen molar-refractivity contribution >= 4 is 16.9 Å². The van der Waals surface area contributed by atoms with Crippen molar-refractivity contribution < 1.29 is 24.1 Å². The summed E-state index contributed by atoms with van der Waals surface area (Å²) < 4.78 is 20.3. The van der Waals surface area contributed by atoms with Crippen LogP contribution in [0.4, 0.5) is 4.79 Å². The maximum atomic E-state index is 13.9. The van der Waals surface area contributed by atoms with Gasteiger partial charge in [-0.15, -0.1) is 0 Å². The summed E-state index contributed by atoms with van der Waals surface area (Å²) in [5.74, 6) is -0.333. The number of fused-ring (bicyclic) bond motifs is 1. The van der Waals surface area contributed by atoms with E-state index < -0.39 is 11.2 Å². The Morgan fingerprint density at radius 1 is 0.667 bits per heavy atom. The first-order valence-electron chi connectivity index (χ1n) is 18.8. The van der Waals surface area contributed by atoms with Crippen molar-refractivity contribution in [1.82, 2.24) is 4.90 Å². The molecule has 1 amide bonds. The summed E-state index contributed by atoms with van der Waals surface area (Å²) in [6.07, 6.45) is -0.757. The lowest BCUT2D eigenvalue weighted by atomic mass is 9.77. The summed E-state index contributed by atoms with van der Waals surface area (Å²) in [6.45, 7) is 7.07. The number of ether oxygens (including phenoxy) is 3. The van der Waals surface area contributed by atoms with Gasteiger partial charge in [-0.25, -0.2) is 4.79 Å². The number of aliphatic hydroxyl groups is 1. The summed E-state index contributed by atoms with van der Waals surface area (Å²) in [4.78, 5) is 15.7. The van der Waals surface area contributed by atoms with Crippen LogP contribution >= 0.6 is 0 Å². The quantitative estimate of drug-likeness (QED) is 0.135. The molecule has 7 rings (SSSR count). The summed E-state index contributed by atoms with van der Waals surface area (Å²) in [7, 11) is 0. The Labute approximate surface area is 319 Å². The summed E-state index contributed by atoms with van der Waals surface area (Å²) in [6, 6.07) is 53.9. The second-order valence-electron chi connectivity index (χ2n) is 15.2. The minimum atomic E-state index is -0.940. The van der Waals surface area contributed by atoms with Crippen LogP contribution in [0.15, 0.2) is 158 Å². The molecule has 0 spiro atoms. The lowest BCUT2D eigenvalue weighted by molar-refractivity contribution is -0.0821. The van der Waals surface area contributed by atoms with E-state index in [0.717, 1.165) is 38.8 Å². The molecule has 54 heavy (non-hydrogen) atoms. The van der Waals surface area contributed by atoms with E-state index in [1.165, 1.54) is 5.39 Å². The van der Waals surface area contributed by atoms with Gasteiger partial charge in [-0.2, -0.15) is 0 Å². The molecule has 1 aliphatic rings. The number of nitrogens with zero attached hydrogens (tertiary/aromatic N) is 1. The van der Waals surface area contributed by atoms with Crippen LogP contribution in [0.2, 0.25) is 0 Å². The third kappa shape index (κ3) is 8.27. The second-order valence-corrected chi connectivity index (χ2v) is 15.2. The number of carbonyl (C=O) groups is 1. The fourth-order valence-corrected chi connectivity index (χ4v) is 7.76. The highest BCUT2D eigenvalue weighted by atomic mass is 16.6. The van der Waals surface area contributed by atoms with Gasteiger partial charge in [0.2, 0.25) is 0 Å². The van der Waals surface area contributed by atoms with Crippen LogP contribution in [0, 0.1) is 5.92 Å². The van der Waals surface area contributed by atoms with Gasteiger partial charge in [0.1, 0.15) is 11.2 Å². The molecule has 0 aromatic heterocycles. The van der Waals surface area contributed by atoms with Crippen molar-refractivity contribution in [3.63, 3.8) is 0 Å². The molecular formula is C48H49NO5. The van der Waals surface area contributed by atoms with Gasteiger partial charge >= 0.3 is 6.09 Å². The molecule has 6 aromatic carbocycles. The van der Waals surface area contributed by atoms with Gasteiger partial charge in [-0.1, -0.05) is 152 Å². The first-order chi connectivity index (χ1) is 26.2. The first-order valence-corrected chi connectivity index (χ1v) is 18.8. The minimum absolute atomic E-state index is 0.0421. The normalized spacial score (nSPS) is 17.7. The maximum Gasteiger partial charge on any atom is 0.410 e. The Morgan fingerprint density at radius 2 is 1.20 bits per heavy atom. The van der Waals surface area contributed by atoms with Gasteiger partial charge in [0, 0.05) is 18.4 Å². The van der Waals surface area contributed by atoms with Gasteiger partial charge in [0.15, 0.2) is 0 Å². The van der Waals surface area contributed by atoms with E-state index in [-0.39, 0.29) is 30.6 Å². The zero-order valence-corrected chi connectivity index (χ0v) is 31.3. The van der Waals surface area contributed by atoms with E-state index >= 15 is 0 Å². The van der Waals surface area contributed by atoms with Crippen LogP contribution in [0.3, 0.4) is 0 Å². The molecule has 6 nitrogen and oxygen atoms in total. The smallest absolute Gasteiger partial charge is 0.410 e. The SMILES string of the molecule is CC(C)(C)OC(=O)N1CC(COC(c2ccccc2)(c2ccccc2)c2ccccc2)C(c2ccc(CO)cc2)C(OCc2ccc3ccccc3c2)C1. The molecule has 0 bridgehead atoms. The Balaban J connectivity index is 1.30. The monoisotopic (exact) mass is 719 g/mol. The van der Waals surface area contributed by atoms with E-state index in [1.807, 2.05) is 99.6 Å². The predicted octanol–water partition coefficient (Wildman–Crippen LogP) is 9.88. The topological polar surface area (TPSA) is 68.2 Å². The Bertz CT molecular complexity index is 2020. The zero-order valence-electron chi connectivity index (χ0n) is 31.3. The molecule has 1 aliphatic heterocycles. The highest BCUT2D eigenvalue weighted by Crippen LogP contribution is 2.43. The number of piperidine rings is 1. The van der Waals surface area contributed by atoms with E-state index in [9.17, 15) is 9.90 Å². The summed E-state index contributed by atoms with van der Waals surface area (Å²) in [5.41, 5.74) is 4.39. The van der Waals surface area contributed by atoms with Crippen molar-refractivity contribution in [1.29, 1.82) is 0 Å². The van der Waals surface area contributed by atoms with Crippen LogP contribution in [0.1, 0.15) is 60.1 Å². The number of amides is 1. The Kier molecular flexibility index (Phi) is 11.3. The molecule has 6 heteroatoms. The third-order valence-electron chi connectivity index (χ3n) is 10.3. The Hall–Kier alpha value is -5.27. The molecule has 1 saturated heterocycles. The van der Waals surface area contributed by atoms with E-state index in [1.54, 1.807) is 4.90 Å². The van der Waals surface area contributed by atoms with Crippen LogP contribution in [0.25, 0.3) is 10.8 Å². The van der Waals surface area contributed by atoms with Crippen LogP contribution in [-0.4, -0.2) is 47.5 Å². The van der Waals surface area contributed by atoms with Crippen molar-refractivity contribution in [2.24, 2.45) is 5.92 Å². The molecule has 0 aliphatic carbocycles. The molecule has 6 aromatic rings. The summed E-state index contributed by atoms with van der Waals surface area (Å²) >= 11 is 0. The first kappa shape index (κ1) is 37.1. The second kappa shape index (κ2) is 16.4. The number of benzene rings is 6. The van der Waals surface area contributed by atoms with Gasteiger partial charge in [-0.3, -0.25) is 0 Å². The van der Waals surface area contributed by atoms with Crippen LogP contribution < -0.4 is 0 Å². The fraction of sp³-hybridized carbons (Fsp3) is 0.271. The highest BCUT2D eigenvalue weighted by molar-refractivity contribution is 5.83. The number of aliphatic hydroxyl groups excluding tert-OH is 1. The predicted molar refractivity (Wildman–Crippen MR) is 214 cm³/mol. The van der Waals surface area contributed by atoms with Crippen molar-refractivity contribution in [2.45, 2.75) is 57.2 Å². The maximum absolute atomic E-state index is 13.9. The van der Waals surface area contributed by atoms with Crippen molar-refractivity contribution in [3.05, 3.63) is 191 Å². The fourth-order valence-electron chi connectivity index (χ4n) is 7.76. The molecule has 1 heterocycles. The summed E-state index contributed by atoms with van der Waals surface area (Å²) in [5, 5.41) is 12.2. The van der Waals surface area contributed by atoms with E-state index in [4.69, 9.17) is 14.2 Å². The number of hydrogen-bond acceptors (Lipinski definition) is 5. The van der Waals surface area contributed by atoms with Crippen LogP contribution in [-0.2, 0) is 33.0 Å². The largest absolute Gasteiger partial charge is 0.444 e. The average molecular weight is 720 g/mol. The number of rotatable bonds is 11. The standard InChI is InChI=1S/C48H49NO5/c1-47(2,3)54-46(51)49-30-40(34-53-48(41-17-7-4-8-18-41,42-19-9-5-10-20-42)43-21-11-6-12-22-43)45(38-27-23-35(32-50)24-28-38)44(31-49)52-33-36-25-26-37-15-13-14-16-39(37)29-36/h4-29,40,44-45,50H,30-34H2,1-3H3.